The van der Waals surface area contributed by atoms with Crippen molar-refractivity contribution in [2.24, 2.45) is 0 Å². The predicted molar refractivity (Wildman–Crippen MR) is 90.0 cm³/mol. The van der Waals surface area contributed by atoms with Gasteiger partial charge in [-0.1, -0.05) is 18.2 Å². The second kappa shape index (κ2) is 5.15. The highest BCUT2D eigenvalue weighted by Crippen LogP contribution is 2.32. The van der Waals surface area contributed by atoms with Gasteiger partial charge in [0.2, 0.25) is 0 Å². The van der Waals surface area contributed by atoms with Gasteiger partial charge < -0.3 is 19.9 Å². The number of hydrogen-bond acceptors (Lipinski definition) is 3. The zero-order chi connectivity index (χ0) is 16.0. The fourth-order valence-electron chi connectivity index (χ4n) is 3.38. The van der Waals surface area contributed by atoms with Crippen molar-refractivity contribution in [3.05, 3.63) is 36.5 Å². The van der Waals surface area contributed by atoms with Crippen LogP contribution < -0.4 is 4.90 Å². The van der Waals surface area contributed by atoms with E-state index in [1.807, 2.05) is 30.5 Å². The van der Waals surface area contributed by atoms with Crippen LogP contribution in [-0.4, -0.2) is 52.2 Å². The molecule has 2 N–H and O–H groups in total. The fraction of sp³-hybridized carbons (Fsp3) is 0.294. The molecule has 1 atom stereocenters. The van der Waals surface area contributed by atoms with Crippen molar-refractivity contribution in [1.82, 2.24) is 14.9 Å². The van der Waals surface area contributed by atoms with Crippen molar-refractivity contribution >= 4 is 33.7 Å². The van der Waals surface area contributed by atoms with Gasteiger partial charge in [0.15, 0.2) is 0 Å². The molecule has 1 unspecified atom stereocenters. The van der Waals surface area contributed by atoms with E-state index in [1.54, 1.807) is 7.05 Å². The first kappa shape index (κ1) is 13.9. The normalized spacial score (nSPS) is 18.0. The van der Waals surface area contributed by atoms with E-state index in [1.165, 1.54) is 4.90 Å². The number of nitrogens with zero attached hydrogens (tertiary/aromatic N) is 3. The van der Waals surface area contributed by atoms with Crippen LogP contribution in [-0.2, 0) is 0 Å². The SMILES string of the molecule is CN(C(=O)O)C1CCN(c2nc3ccccc3c3[nH]ccc23)C1. The minimum absolute atomic E-state index is 0.00904. The summed E-state index contributed by atoms with van der Waals surface area (Å²) < 4.78 is 0. The molecule has 1 aliphatic rings. The molecule has 6 nitrogen and oxygen atoms in total. The van der Waals surface area contributed by atoms with Crippen LogP contribution in [0.25, 0.3) is 21.8 Å². The van der Waals surface area contributed by atoms with E-state index in [4.69, 9.17) is 10.1 Å². The van der Waals surface area contributed by atoms with Gasteiger partial charge in [0.05, 0.1) is 17.1 Å². The molecule has 1 fully saturated rings. The van der Waals surface area contributed by atoms with Gasteiger partial charge in [0, 0.05) is 37.1 Å². The van der Waals surface area contributed by atoms with Gasteiger partial charge in [0.25, 0.3) is 0 Å². The first-order chi connectivity index (χ1) is 11.1. The Kier molecular flexibility index (Phi) is 3.11. The van der Waals surface area contributed by atoms with Crippen molar-refractivity contribution in [2.45, 2.75) is 12.5 Å². The number of aromatic nitrogens is 2. The molecule has 0 bridgehead atoms. The minimum atomic E-state index is -0.880. The molecule has 0 radical (unpaired) electrons. The highest BCUT2D eigenvalue weighted by atomic mass is 16.4. The Morgan fingerprint density at radius 3 is 3.00 bits per heavy atom. The van der Waals surface area contributed by atoms with Crippen LogP contribution in [0.5, 0.6) is 0 Å². The lowest BCUT2D eigenvalue weighted by Gasteiger charge is -2.23. The van der Waals surface area contributed by atoms with E-state index in [0.717, 1.165) is 40.6 Å². The number of benzene rings is 1. The molecular weight excluding hydrogens is 292 g/mol. The number of rotatable bonds is 2. The zero-order valence-corrected chi connectivity index (χ0v) is 12.9. The molecule has 1 saturated heterocycles. The largest absolute Gasteiger partial charge is 0.465 e. The van der Waals surface area contributed by atoms with Gasteiger partial charge >= 0.3 is 6.09 Å². The molecule has 2 aromatic heterocycles. The fourth-order valence-corrected chi connectivity index (χ4v) is 3.38. The van der Waals surface area contributed by atoms with Crippen LogP contribution in [0.4, 0.5) is 10.6 Å². The zero-order valence-electron chi connectivity index (χ0n) is 12.9. The third-order valence-corrected chi connectivity index (χ3v) is 4.70. The second-order valence-electron chi connectivity index (χ2n) is 6.00. The van der Waals surface area contributed by atoms with Gasteiger partial charge in [-0.2, -0.15) is 0 Å². The molecule has 3 heterocycles. The molecule has 23 heavy (non-hydrogen) atoms. The minimum Gasteiger partial charge on any atom is -0.465 e. The number of aromatic amines is 1. The smallest absolute Gasteiger partial charge is 0.407 e. The Morgan fingerprint density at radius 1 is 1.35 bits per heavy atom. The lowest BCUT2D eigenvalue weighted by Crippen LogP contribution is -2.38. The Morgan fingerprint density at radius 2 is 2.17 bits per heavy atom. The molecule has 1 amide bonds. The summed E-state index contributed by atoms with van der Waals surface area (Å²) in [7, 11) is 1.64. The Bertz CT molecular complexity index is 889. The number of amides is 1. The van der Waals surface area contributed by atoms with Gasteiger partial charge in [-0.05, 0) is 18.6 Å². The molecule has 118 valence electrons. The maximum Gasteiger partial charge on any atom is 0.407 e. The van der Waals surface area contributed by atoms with Gasteiger partial charge in [-0.3, -0.25) is 0 Å². The summed E-state index contributed by atoms with van der Waals surface area (Å²) in [6.45, 7) is 1.49. The molecule has 3 aromatic rings. The number of nitrogens with one attached hydrogen (secondary N) is 1. The number of hydrogen-bond donors (Lipinski definition) is 2. The molecule has 4 rings (SSSR count). The number of H-pyrrole nitrogens is 1. The number of pyridine rings is 1. The van der Waals surface area contributed by atoms with Crippen LogP contribution in [0.2, 0.25) is 0 Å². The summed E-state index contributed by atoms with van der Waals surface area (Å²) in [5, 5.41) is 11.4. The van der Waals surface area contributed by atoms with E-state index in [0.29, 0.717) is 6.54 Å². The predicted octanol–water partition coefficient (Wildman–Crippen LogP) is 2.90. The molecule has 0 spiro atoms. The summed E-state index contributed by atoms with van der Waals surface area (Å²) in [6, 6.07) is 10.1. The Balaban J connectivity index is 1.77. The van der Waals surface area contributed by atoms with Crippen molar-refractivity contribution in [1.29, 1.82) is 0 Å². The van der Waals surface area contributed by atoms with Crippen molar-refractivity contribution < 1.29 is 9.90 Å². The van der Waals surface area contributed by atoms with Crippen molar-refractivity contribution in [3.8, 4) is 0 Å². The lowest BCUT2D eigenvalue weighted by molar-refractivity contribution is 0.142. The summed E-state index contributed by atoms with van der Waals surface area (Å²) in [5.74, 6) is 0.932. The van der Waals surface area contributed by atoms with Crippen LogP contribution >= 0.6 is 0 Å². The third-order valence-electron chi connectivity index (χ3n) is 4.70. The molecular formula is C17H18N4O2. The molecule has 0 saturated carbocycles. The van der Waals surface area contributed by atoms with Gasteiger partial charge in [0.1, 0.15) is 5.82 Å². The number of fused-ring (bicyclic) bond motifs is 3. The summed E-state index contributed by atoms with van der Waals surface area (Å²) in [6.07, 6.45) is 1.87. The molecule has 1 aromatic carbocycles. The standard InChI is InChI=1S/C17H18N4O2/c1-20(17(22)23)11-7-9-21(10-11)16-13-6-8-18-15(13)12-4-2-3-5-14(12)19-16/h2-6,8,11,18H,7,9-10H2,1H3,(H,22,23). The monoisotopic (exact) mass is 310 g/mol. The molecule has 6 heteroatoms. The number of carbonyl (C=O) groups is 1. The van der Waals surface area contributed by atoms with Crippen LogP contribution in [0.15, 0.2) is 36.5 Å². The van der Waals surface area contributed by atoms with E-state index in [9.17, 15) is 4.79 Å². The number of para-hydroxylation sites is 1. The lowest BCUT2D eigenvalue weighted by atomic mass is 10.1. The van der Waals surface area contributed by atoms with E-state index >= 15 is 0 Å². The Hall–Kier alpha value is -2.76. The molecule has 1 aliphatic heterocycles. The first-order valence-corrected chi connectivity index (χ1v) is 7.71. The van der Waals surface area contributed by atoms with Crippen LogP contribution in [0, 0.1) is 0 Å². The maximum atomic E-state index is 11.2. The highest BCUT2D eigenvalue weighted by Gasteiger charge is 2.30. The van der Waals surface area contributed by atoms with Crippen molar-refractivity contribution in [3.63, 3.8) is 0 Å². The average Bonchev–Trinajstić information content (AvgIpc) is 3.23. The summed E-state index contributed by atoms with van der Waals surface area (Å²) in [5.41, 5.74) is 2.04. The van der Waals surface area contributed by atoms with E-state index in [2.05, 4.69) is 16.0 Å². The average molecular weight is 310 g/mol. The maximum absolute atomic E-state index is 11.2. The van der Waals surface area contributed by atoms with Gasteiger partial charge in [-0.25, -0.2) is 9.78 Å². The summed E-state index contributed by atoms with van der Waals surface area (Å²) >= 11 is 0. The van der Waals surface area contributed by atoms with Crippen LogP contribution in [0.3, 0.4) is 0 Å². The van der Waals surface area contributed by atoms with Crippen LogP contribution in [0.1, 0.15) is 6.42 Å². The molecule has 0 aliphatic carbocycles. The van der Waals surface area contributed by atoms with Crippen molar-refractivity contribution in [2.75, 3.05) is 25.0 Å². The highest BCUT2D eigenvalue weighted by molar-refractivity contribution is 6.08. The number of likely N-dealkylation sites (N-methyl/N-ethyl adjacent to an activating group) is 1. The first-order valence-electron chi connectivity index (χ1n) is 7.71. The quantitative estimate of drug-likeness (QED) is 0.763. The summed E-state index contributed by atoms with van der Waals surface area (Å²) in [4.78, 5) is 22.9. The van der Waals surface area contributed by atoms with Gasteiger partial charge in [-0.15, -0.1) is 0 Å². The second-order valence-corrected chi connectivity index (χ2v) is 6.00. The number of carboxylic acid groups (broad SMARTS) is 1. The third kappa shape index (κ3) is 2.18. The topological polar surface area (TPSA) is 72.5 Å². The van der Waals surface area contributed by atoms with E-state index < -0.39 is 6.09 Å². The Labute approximate surface area is 133 Å². The van der Waals surface area contributed by atoms with E-state index in [-0.39, 0.29) is 6.04 Å². The number of anilines is 1.